The molecule has 0 unspecified atom stereocenters. The largest absolute Gasteiger partial charge is 0.347 e. The van der Waals surface area contributed by atoms with Crippen LogP contribution in [-0.2, 0) is 0 Å². The first kappa shape index (κ1) is 22.7. The van der Waals surface area contributed by atoms with Gasteiger partial charge in [0.2, 0.25) is 0 Å². The second kappa shape index (κ2) is 9.55. The lowest BCUT2D eigenvalue weighted by atomic mass is 9.88. The van der Waals surface area contributed by atoms with Crippen molar-refractivity contribution in [1.29, 1.82) is 0 Å². The minimum absolute atomic E-state index is 0.0595. The highest BCUT2D eigenvalue weighted by Gasteiger charge is 2.20. The minimum Gasteiger partial charge on any atom is -0.347 e. The summed E-state index contributed by atoms with van der Waals surface area (Å²) in [5.74, 6) is 0.308. The van der Waals surface area contributed by atoms with Crippen LogP contribution in [0.15, 0.2) is 55.2 Å². The van der Waals surface area contributed by atoms with Crippen molar-refractivity contribution in [2.45, 2.75) is 60.4 Å². The molecular weight excluding hydrogens is 330 g/mol. The van der Waals surface area contributed by atoms with Crippen LogP contribution in [-0.4, -0.2) is 11.4 Å². The normalized spacial score (nSPS) is 12.9. The maximum absolute atomic E-state index is 12.9. The zero-order valence-corrected chi connectivity index (χ0v) is 18.1. The fraction of sp³-hybridized carbons (Fsp3) is 0.400. The van der Waals surface area contributed by atoms with E-state index in [1.165, 1.54) is 5.57 Å². The summed E-state index contributed by atoms with van der Waals surface area (Å²) >= 11 is 0. The molecule has 0 radical (unpaired) electrons. The number of carbonyl (C=O) groups is 1. The van der Waals surface area contributed by atoms with E-state index in [2.05, 4.69) is 51.4 Å². The van der Waals surface area contributed by atoms with Gasteiger partial charge < -0.3 is 5.32 Å². The average molecular weight is 366 g/mol. The Labute approximate surface area is 165 Å². The molecule has 0 aliphatic heterocycles. The van der Waals surface area contributed by atoms with Gasteiger partial charge in [-0.2, -0.15) is 0 Å². The summed E-state index contributed by atoms with van der Waals surface area (Å²) in [4.78, 5) is 12.9. The van der Waals surface area contributed by atoms with Gasteiger partial charge in [0, 0.05) is 11.1 Å². The summed E-state index contributed by atoms with van der Waals surface area (Å²) < 4.78 is 0. The van der Waals surface area contributed by atoms with Gasteiger partial charge in [-0.15, -0.1) is 0 Å². The Morgan fingerprint density at radius 2 is 1.74 bits per heavy atom. The standard InChI is InChI=1S/C25H35NO/c1-10-13-18(6)20-14-21(19(7)23(11-2)17(4)5)16-22(15-20)24(27)26-25(8,9)12-3/h10-11,13-17H,1,7,12H2,2-6,8-9H3,(H,26,27)/b18-13+,23-11-. The van der Waals surface area contributed by atoms with E-state index in [0.29, 0.717) is 11.5 Å². The summed E-state index contributed by atoms with van der Waals surface area (Å²) in [6.45, 7) is 22.6. The Bertz CT molecular complexity index is 776. The van der Waals surface area contributed by atoms with Crippen molar-refractivity contribution in [3.05, 3.63) is 71.8 Å². The first-order chi connectivity index (χ1) is 12.6. The van der Waals surface area contributed by atoms with Crippen LogP contribution in [0, 0.1) is 5.92 Å². The van der Waals surface area contributed by atoms with Crippen molar-refractivity contribution in [1.82, 2.24) is 5.32 Å². The summed E-state index contributed by atoms with van der Waals surface area (Å²) in [6, 6.07) is 5.99. The van der Waals surface area contributed by atoms with Crippen molar-refractivity contribution < 1.29 is 4.79 Å². The average Bonchev–Trinajstić information content (AvgIpc) is 2.61. The van der Waals surface area contributed by atoms with Gasteiger partial charge in [0.25, 0.3) is 5.91 Å². The van der Waals surface area contributed by atoms with Gasteiger partial charge in [0.15, 0.2) is 0 Å². The van der Waals surface area contributed by atoms with Crippen LogP contribution >= 0.6 is 0 Å². The molecule has 0 heterocycles. The van der Waals surface area contributed by atoms with E-state index in [-0.39, 0.29) is 11.4 Å². The van der Waals surface area contributed by atoms with Gasteiger partial charge in [0.05, 0.1) is 0 Å². The lowest BCUT2D eigenvalue weighted by Gasteiger charge is -2.25. The third-order valence-electron chi connectivity index (χ3n) is 4.98. The molecule has 146 valence electrons. The number of rotatable bonds is 8. The van der Waals surface area contributed by atoms with Crippen molar-refractivity contribution in [2.24, 2.45) is 5.92 Å². The molecule has 0 saturated heterocycles. The van der Waals surface area contributed by atoms with E-state index >= 15 is 0 Å². The SMILES string of the molecule is C=C/C=C(\C)c1cc(C(=C)/C(=C\C)C(C)C)cc(C(=O)NC(C)(C)CC)c1. The third-order valence-corrected chi connectivity index (χ3v) is 4.98. The molecule has 0 bridgehead atoms. The predicted molar refractivity (Wildman–Crippen MR) is 120 cm³/mol. The van der Waals surface area contributed by atoms with Gasteiger partial charge >= 0.3 is 0 Å². The van der Waals surface area contributed by atoms with Crippen molar-refractivity contribution >= 4 is 17.1 Å². The molecule has 0 spiro atoms. The number of hydrogen-bond acceptors (Lipinski definition) is 1. The van der Waals surface area contributed by atoms with Crippen LogP contribution in [0.2, 0.25) is 0 Å². The molecule has 1 N–H and O–H groups in total. The smallest absolute Gasteiger partial charge is 0.251 e. The van der Waals surface area contributed by atoms with E-state index in [9.17, 15) is 4.79 Å². The zero-order chi connectivity index (χ0) is 20.8. The number of hydrogen-bond donors (Lipinski definition) is 1. The highest BCUT2D eigenvalue weighted by atomic mass is 16.1. The molecule has 0 saturated carbocycles. The Balaban J connectivity index is 3.50. The molecule has 2 heteroatoms. The number of benzene rings is 1. The summed E-state index contributed by atoms with van der Waals surface area (Å²) in [5, 5.41) is 3.13. The van der Waals surface area contributed by atoms with Crippen LogP contribution < -0.4 is 5.32 Å². The van der Waals surface area contributed by atoms with Gasteiger partial charge in [-0.25, -0.2) is 0 Å². The molecule has 27 heavy (non-hydrogen) atoms. The Kier molecular flexibility index (Phi) is 8.02. The monoisotopic (exact) mass is 365 g/mol. The van der Waals surface area contributed by atoms with E-state index in [1.54, 1.807) is 6.08 Å². The second-order valence-corrected chi connectivity index (χ2v) is 7.95. The quantitative estimate of drug-likeness (QED) is 0.504. The van der Waals surface area contributed by atoms with Crippen molar-refractivity contribution in [2.75, 3.05) is 0 Å². The van der Waals surface area contributed by atoms with E-state index in [1.807, 2.05) is 45.9 Å². The van der Waals surface area contributed by atoms with Crippen LogP contribution in [0.25, 0.3) is 11.1 Å². The maximum atomic E-state index is 12.9. The van der Waals surface area contributed by atoms with Crippen molar-refractivity contribution in [3.8, 4) is 0 Å². The molecule has 1 aromatic rings. The molecule has 0 aliphatic rings. The zero-order valence-electron chi connectivity index (χ0n) is 18.1. The Morgan fingerprint density at radius 1 is 1.19 bits per heavy atom. The predicted octanol–water partition coefficient (Wildman–Crippen LogP) is 6.81. The Morgan fingerprint density at radius 3 is 2.22 bits per heavy atom. The number of amides is 1. The molecule has 1 amide bonds. The minimum atomic E-state index is -0.247. The second-order valence-electron chi connectivity index (χ2n) is 7.95. The van der Waals surface area contributed by atoms with Crippen molar-refractivity contribution in [3.63, 3.8) is 0 Å². The molecule has 1 aromatic carbocycles. The Hall–Kier alpha value is -2.35. The van der Waals surface area contributed by atoms with Gasteiger partial charge in [0.1, 0.15) is 0 Å². The number of allylic oxidation sites excluding steroid dienone is 6. The fourth-order valence-corrected chi connectivity index (χ4v) is 2.92. The van der Waals surface area contributed by atoms with Crippen LogP contribution in [0.5, 0.6) is 0 Å². The highest BCUT2D eigenvalue weighted by molar-refractivity contribution is 5.97. The molecule has 0 aromatic heterocycles. The number of carbonyl (C=O) groups excluding carboxylic acids is 1. The molecule has 2 nitrogen and oxygen atoms in total. The lowest BCUT2D eigenvalue weighted by Crippen LogP contribution is -2.42. The molecule has 0 aliphatic carbocycles. The van der Waals surface area contributed by atoms with Crippen LogP contribution in [0.1, 0.15) is 76.4 Å². The number of nitrogens with one attached hydrogen (secondary N) is 1. The van der Waals surface area contributed by atoms with Gasteiger partial charge in [-0.1, -0.05) is 52.2 Å². The first-order valence-electron chi connectivity index (χ1n) is 9.69. The van der Waals surface area contributed by atoms with E-state index in [0.717, 1.165) is 28.7 Å². The third kappa shape index (κ3) is 6.09. The molecular formula is C25H35NO. The highest BCUT2D eigenvalue weighted by Crippen LogP contribution is 2.30. The van der Waals surface area contributed by atoms with Gasteiger partial charge in [-0.05, 0) is 86.1 Å². The van der Waals surface area contributed by atoms with E-state index < -0.39 is 0 Å². The summed E-state index contributed by atoms with van der Waals surface area (Å²) in [5.41, 5.74) is 5.61. The van der Waals surface area contributed by atoms with Gasteiger partial charge in [-0.3, -0.25) is 4.79 Å². The topological polar surface area (TPSA) is 29.1 Å². The fourth-order valence-electron chi connectivity index (χ4n) is 2.92. The van der Waals surface area contributed by atoms with E-state index in [4.69, 9.17) is 0 Å². The summed E-state index contributed by atoms with van der Waals surface area (Å²) in [6.07, 6.45) is 6.69. The molecule has 0 fully saturated rings. The van der Waals surface area contributed by atoms with Crippen LogP contribution in [0.4, 0.5) is 0 Å². The van der Waals surface area contributed by atoms with Crippen LogP contribution in [0.3, 0.4) is 0 Å². The molecule has 1 rings (SSSR count). The first-order valence-corrected chi connectivity index (χ1v) is 9.69. The maximum Gasteiger partial charge on any atom is 0.251 e. The molecule has 0 atom stereocenters. The summed E-state index contributed by atoms with van der Waals surface area (Å²) in [7, 11) is 0. The lowest BCUT2D eigenvalue weighted by molar-refractivity contribution is 0.0911.